The number of rotatable bonds is 4. The maximum atomic E-state index is 6.88. The van der Waals surface area contributed by atoms with Gasteiger partial charge < -0.3 is 4.74 Å². The molecule has 0 spiro atoms. The molecule has 40 heavy (non-hydrogen) atoms. The second-order valence-corrected chi connectivity index (χ2v) is 19.5. The van der Waals surface area contributed by atoms with Crippen LogP contribution in [0.3, 0.4) is 0 Å². The fraction of sp³-hybridized carbons (Fsp3) is 0. The molecule has 1 nitrogen and oxygen atoms in total. The summed E-state index contributed by atoms with van der Waals surface area (Å²) in [6.45, 7) is 0. The molecular weight excluding hydrogens is 1500 g/mol. The summed E-state index contributed by atoms with van der Waals surface area (Å²) in [5.41, 5.74) is 3.44. The second-order valence-electron chi connectivity index (χ2n) is 7.57. The monoisotopic (exact) mass is 1490 g/mol. The van der Waals surface area contributed by atoms with Crippen molar-refractivity contribution in [3.63, 3.8) is 0 Å². The lowest BCUT2D eigenvalue weighted by Gasteiger charge is -2.25. The minimum atomic E-state index is 0.555. The Balaban J connectivity index is 2.28. The van der Waals surface area contributed by atoms with Crippen LogP contribution in [0.4, 0.5) is 0 Å². The average molecular weight is 1510 g/mol. The Morgan fingerprint density at radius 1 is 0.325 bits per heavy atom. The minimum absolute atomic E-state index is 0.555. The SMILES string of the molecule is Brc1cccc(-c2c(Br)c(Br)c(Br)c(Oc3c(Br)c(Br)c(Br)c(Br)c3Br)c2-c2c(Br)c(Br)c(Br)c(Br)c2Br)c1Br. The maximum absolute atomic E-state index is 6.88. The normalized spacial score (nSPS) is 11.4. The largest absolute Gasteiger partial charge is 0.453 e. The summed E-state index contributed by atoms with van der Waals surface area (Å²) in [6, 6.07) is 6.02. The summed E-state index contributed by atoms with van der Waals surface area (Å²) in [7, 11) is 0. The lowest BCUT2D eigenvalue weighted by atomic mass is 9.93. The van der Waals surface area contributed by atoms with Crippen LogP contribution in [0, 0.1) is 0 Å². The van der Waals surface area contributed by atoms with Gasteiger partial charge in [0.15, 0.2) is 11.5 Å². The van der Waals surface area contributed by atoms with Gasteiger partial charge in [-0.3, -0.25) is 0 Å². The third-order valence-corrected chi connectivity index (χ3v) is 22.9. The highest BCUT2D eigenvalue weighted by molar-refractivity contribution is 9.17. The number of hydrogen-bond donors (Lipinski definition) is 0. The molecule has 0 aromatic heterocycles. The molecule has 0 amide bonds. The Kier molecular flexibility index (Phi) is 13.7. The first kappa shape index (κ1) is 36.7. The van der Waals surface area contributed by atoms with E-state index in [1.54, 1.807) is 0 Å². The predicted octanol–water partition coefficient (Wildman–Crippen LogP) is 18.3. The van der Waals surface area contributed by atoms with Gasteiger partial charge in [-0.05, 0) is 251 Å². The molecule has 0 bridgehead atoms. The molecule has 0 N–H and O–H groups in total. The summed E-state index contributed by atoms with van der Waals surface area (Å²) in [5.74, 6) is 1.11. The number of ether oxygens (including phenoxy) is 1. The van der Waals surface area contributed by atoms with Crippen LogP contribution >= 0.6 is 239 Å². The maximum Gasteiger partial charge on any atom is 0.158 e. The Morgan fingerprint density at radius 2 is 0.700 bits per heavy atom. The van der Waals surface area contributed by atoms with Gasteiger partial charge >= 0.3 is 0 Å². The molecule has 4 rings (SSSR count). The van der Waals surface area contributed by atoms with Crippen molar-refractivity contribution in [2.24, 2.45) is 0 Å². The van der Waals surface area contributed by atoms with Gasteiger partial charge in [0, 0.05) is 56.9 Å². The Morgan fingerprint density at radius 3 is 1.20 bits per heavy atom. The lowest BCUT2D eigenvalue weighted by Crippen LogP contribution is -2.00. The van der Waals surface area contributed by atoms with E-state index in [-0.39, 0.29) is 0 Å². The molecule has 0 fully saturated rings. The van der Waals surface area contributed by atoms with Crippen LogP contribution in [-0.4, -0.2) is 0 Å². The highest BCUT2D eigenvalue weighted by atomic mass is 79.9. The molecule has 0 heterocycles. The van der Waals surface area contributed by atoms with E-state index in [1.807, 2.05) is 18.2 Å². The zero-order chi connectivity index (χ0) is 30.0. The van der Waals surface area contributed by atoms with Gasteiger partial charge in [-0.1, -0.05) is 12.1 Å². The molecule has 0 aliphatic rings. The fourth-order valence-electron chi connectivity index (χ4n) is 3.52. The molecule has 16 heteroatoms. The summed E-state index contributed by atoms with van der Waals surface area (Å²) in [6.07, 6.45) is 0. The van der Waals surface area contributed by atoms with E-state index in [1.165, 1.54) is 0 Å². The van der Waals surface area contributed by atoms with Crippen LogP contribution < -0.4 is 4.74 Å². The van der Waals surface area contributed by atoms with Gasteiger partial charge in [-0.25, -0.2) is 0 Å². The Hall–Kier alpha value is 3.88. The molecule has 0 radical (unpaired) electrons. The van der Waals surface area contributed by atoms with E-state index < -0.39 is 0 Å². The van der Waals surface area contributed by atoms with Crippen molar-refractivity contribution in [2.75, 3.05) is 0 Å². The molecule has 0 aliphatic heterocycles. The number of benzene rings is 4. The molecule has 0 saturated carbocycles. The van der Waals surface area contributed by atoms with Crippen LogP contribution in [0.25, 0.3) is 22.3 Å². The van der Waals surface area contributed by atoms with E-state index in [0.29, 0.717) is 24.9 Å². The molecule has 0 atom stereocenters. The van der Waals surface area contributed by atoms with Gasteiger partial charge in [0.25, 0.3) is 0 Å². The highest BCUT2D eigenvalue weighted by Gasteiger charge is 2.32. The zero-order valence-corrected chi connectivity index (χ0v) is 42.1. The zero-order valence-electron chi connectivity index (χ0n) is 18.3. The summed E-state index contributed by atoms with van der Waals surface area (Å²) < 4.78 is 18.9. The van der Waals surface area contributed by atoms with Crippen molar-refractivity contribution in [3.05, 3.63) is 85.3 Å². The van der Waals surface area contributed by atoms with Crippen LogP contribution in [0.5, 0.6) is 11.5 Å². The van der Waals surface area contributed by atoms with E-state index >= 15 is 0 Å². The lowest BCUT2D eigenvalue weighted by molar-refractivity contribution is 0.474. The summed E-state index contributed by atoms with van der Waals surface area (Å²) >= 11 is 56.2. The first-order valence-corrected chi connectivity index (χ1v) is 21.9. The molecule has 0 unspecified atom stereocenters. The number of halogens is 15. The van der Waals surface area contributed by atoms with E-state index in [4.69, 9.17) is 4.74 Å². The van der Waals surface area contributed by atoms with Crippen molar-refractivity contribution in [2.45, 2.75) is 0 Å². The van der Waals surface area contributed by atoms with Crippen molar-refractivity contribution in [1.82, 2.24) is 0 Å². The van der Waals surface area contributed by atoms with Gasteiger partial charge in [-0.15, -0.1) is 0 Å². The molecule has 0 aliphatic carbocycles. The van der Waals surface area contributed by atoms with E-state index in [2.05, 4.69) is 239 Å². The Bertz CT molecular complexity index is 1670. The van der Waals surface area contributed by atoms with Gasteiger partial charge in [0.05, 0.1) is 26.8 Å². The highest BCUT2D eigenvalue weighted by Crippen LogP contribution is 2.60. The molecular formula is C24H3Br15O. The number of hydrogen-bond acceptors (Lipinski definition) is 1. The molecule has 4 aromatic carbocycles. The quantitative estimate of drug-likeness (QED) is 0.146. The summed E-state index contributed by atoms with van der Waals surface area (Å²) in [5, 5.41) is 0. The molecule has 4 aromatic rings. The first-order valence-electron chi connectivity index (χ1n) is 9.99. The first-order chi connectivity index (χ1) is 18.6. The van der Waals surface area contributed by atoms with Crippen LogP contribution in [0.15, 0.2) is 85.3 Å². The fourth-order valence-corrected chi connectivity index (χ4v) is 12.7. The van der Waals surface area contributed by atoms with E-state index in [0.717, 1.165) is 75.9 Å². The third-order valence-electron chi connectivity index (χ3n) is 5.34. The van der Waals surface area contributed by atoms with Crippen LogP contribution in [0.1, 0.15) is 0 Å². The standard InChI is InChI=1S/C24H3Br15O/c25-5-3-1-2-4(9(5)26)6-7(8-11(28)13(30)16(33)14(31)12(8)29)23(20(37)15(32)10(6)27)40-24-21(38)18(35)17(34)19(36)22(24)39/h1-3H. The smallest absolute Gasteiger partial charge is 0.158 e. The van der Waals surface area contributed by atoms with E-state index in [9.17, 15) is 0 Å². The topological polar surface area (TPSA) is 9.23 Å². The van der Waals surface area contributed by atoms with Gasteiger partial charge in [-0.2, -0.15) is 0 Å². The van der Waals surface area contributed by atoms with Crippen LogP contribution in [0.2, 0.25) is 0 Å². The Labute approximate surface area is 356 Å². The van der Waals surface area contributed by atoms with Crippen molar-refractivity contribution in [3.8, 4) is 33.8 Å². The summed E-state index contributed by atoms with van der Waals surface area (Å²) in [4.78, 5) is 0. The van der Waals surface area contributed by atoms with Crippen molar-refractivity contribution < 1.29 is 4.74 Å². The average Bonchev–Trinajstić information content (AvgIpc) is 2.93. The third kappa shape index (κ3) is 6.74. The second kappa shape index (κ2) is 15.0. The molecule has 210 valence electrons. The van der Waals surface area contributed by atoms with Crippen molar-refractivity contribution >= 4 is 239 Å². The van der Waals surface area contributed by atoms with Gasteiger partial charge in [0.1, 0.15) is 0 Å². The van der Waals surface area contributed by atoms with Crippen molar-refractivity contribution in [1.29, 1.82) is 0 Å². The minimum Gasteiger partial charge on any atom is -0.453 e. The predicted molar refractivity (Wildman–Crippen MR) is 219 cm³/mol. The van der Waals surface area contributed by atoms with Gasteiger partial charge in [0.2, 0.25) is 0 Å². The van der Waals surface area contributed by atoms with Crippen LogP contribution in [-0.2, 0) is 0 Å². The molecule has 0 saturated heterocycles.